The molecule has 0 fully saturated rings. The Bertz CT molecular complexity index is 1880. The molecule has 42 heavy (non-hydrogen) atoms. The van der Waals surface area contributed by atoms with Gasteiger partial charge in [0.15, 0.2) is 0 Å². The quantitative estimate of drug-likeness (QED) is 0.176. The van der Waals surface area contributed by atoms with Gasteiger partial charge < -0.3 is 14.4 Å². The van der Waals surface area contributed by atoms with Gasteiger partial charge in [0.1, 0.15) is 12.4 Å². The first kappa shape index (κ1) is 27.4. The molecule has 0 atom stereocenters. The zero-order valence-electron chi connectivity index (χ0n) is 23.2. The monoisotopic (exact) mass is 574 g/mol. The van der Waals surface area contributed by atoms with E-state index in [9.17, 15) is 9.59 Å². The molecule has 6 aromatic rings. The van der Waals surface area contributed by atoms with Gasteiger partial charge >= 0.3 is 0 Å². The number of nitrogens with zero attached hydrogens (tertiary/aromatic N) is 2. The van der Waals surface area contributed by atoms with E-state index in [4.69, 9.17) is 9.47 Å². The van der Waals surface area contributed by atoms with E-state index in [0.717, 1.165) is 21.2 Å². The number of rotatable bonds is 10. The molecule has 0 spiro atoms. The molecule has 0 N–H and O–H groups in total. The molecule has 0 saturated heterocycles. The van der Waals surface area contributed by atoms with Crippen molar-refractivity contribution in [2.75, 3.05) is 20.3 Å². The average molecular weight is 575 g/mol. The van der Waals surface area contributed by atoms with Gasteiger partial charge in [0.2, 0.25) is 0 Å². The topological polar surface area (TPSA) is 60.2 Å². The minimum atomic E-state index is -0.179. The molecular formula is C35H30N2O4S. The van der Waals surface area contributed by atoms with Crippen LogP contribution in [0.1, 0.15) is 21.5 Å². The van der Waals surface area contributed by atoms with E-state index in [0.29, 0.717) is 54.3 Å². The summed E-state index contributed by atoms with van der Waals surface area (Å²) in [5.74, 6) is 0.548. The Hall–Kier alpha value is -4.72. The van der Waals surface area contributed by atoms with Crippen molar-refractivity contribution in [2.24, 2.45) is 0 Å². The van der Waals surface area contributed by atoms with Gasteiger partial charge in [-0.15, -0.1) is 11.3 Å². The second-order valence-corrected chi connectivity index (χ2v) is 10.9. The Labute approximate surface area is 248 Å². The SMILES string of the molecule is COCCN(Cc1ccccc1)C(=O)c1cc(-c2ccc(OCc3ccccc3)cc2)c(=O)n2ccc3ccsc3c12. The van der Waals surface area contributed by atoms with E-state index in [-0.39, 0.29) is 11.5 Å². The van der Waals surface area contributed by atoms with Crippen molar-refractivity contribution in [2.45, 2.75) is 13.2 Å². The third-order valence-electron chi connectivity index (χ3n) is 7.26. The number of benzene rings is 3. The van der Waals surface area contributed by atoms with Crippen molar-refractivity contribution in [1.82, 2.24) is 9.30 Å². The predicted octanol–water partition coefficient (Wildman–Crippen LogP) is 7.05. The number of hydrogen-bond donors (Lipinski definition) is 0. The third-order valence-corrected chi connectivity index (χ3v) is 8.20. The fraction of sp³-hybridized carbons (Fsp3) is 0.143. The average Bonchev–Trinajstić information content (AvgIpc) is 3.53. The second-order valence-electron chi connectivity index (χ2n) is 10.0. The van der Waals surface area contributed by atoms with Crippen molar-refractivity contribution in [3.8, 4) is 16.9 Å². The maximum atomic E-state index is 14.3. The number of carbonyl (C=O) groups is 1. The van der Waals surface area contributed by atoms with Crippen LogP contribution in [-0.2, 0) is 17.9 Å². The van der Waals surface area contributed by atoms with Crippen molar-refractivity contribution in [3.63, 3.8) is 0 Å². The highest BCUT2D eigenvalue weighted by Gasteiger charge is 2.23. The van der Waals surface area contributed by atoms with E-state index < -0.39 is 0 Å². The van der Waals surface area contributed by atoms with Gasteiger partial charge in [0.05, 0.1) is 22.4 Å². The Kier molecular flexibility index (Phi) is 8.12. The lowest BCUT2D eigenvalue weighted by Gasteiger charge is -2.24. The molecule has 3 aromatic heterocycles. The van der Waals surface area contributed by atoms with Crippen molar-refractivity contribution < 1.29 is 14.3 Å². The van der Waals surface area contributed by atoms with Gasteiger partial charge in [-0.05, 0) is 57.8 Å². The van der Waals surface area contributed by atoms with Crippen molar-refractivity contribution in [1.29, 1.82) is 0 Å². The number of hydrogen-bond acceptors (Lipinski definition) is 5. The molecule has 1 amide bonds. The van der Waals surface area contributed by atoms with Gasteiger partial charge in [-0.3, -0.25) is 14.0 Å². The lowest BCUT2D eigenvalue weighted by atomic mass is 10.0. The molecule has 0 saturated carbocycles. The Balaban J connectivity index is 1.42. The van der Waals surface area contributed by atoms with E-state index in [1.165, 1.54) is 11.3 Å². The highest BCUT2D eigenvalue weighted by Crippen LogP contribution is 2.31. The number of ether oxygens (including phenoxy) is 2. The van der Waals surface area contributed by atoms with Crippen molar-refractivity contribution >= 4 is 32.8 Å². The van der Waals surface area contributed by atoms with Crippen LogP contribution >= 0.6 is 11.3 Å². The molecule has 0 bridgehead atoms. The predicted molar refractivity (Wildman–Crippen MR) is 168 cm³/mol. The lowest BCUT2D eigenvalue weighted by molar-refractivity contribution is 0.0682. The maximum absolute atomic E-state index is 14.3. The summed E-state index contributed by atoms with van der Waals surface area (Å²) in [6.45, 7) is 1.69. The first-order valence-electron chi connectivity index (χ1n) is 13.8. The van der Waals surface area contributed by atoms with Gasteiger partial charge in [-0.2, -0.15) is 0 Å². The largest absolute Gasteiger partial charge is 0.489 e. The molecule has 0 radical (unpaired) electrons. The number of pyridine rings is 2. The molecule has 0 aliphatic carbocycles. The summed E-state index contributed by atoms with van der Waals surface area (Å²) >= 11 is 1.53. The van der Waals surface area contributed by atoms with E-state index in [1.807, 2.05) is 102 Å². The molecule has 210 valence electrons. The number of methoxy groups -OCH3 is 1. The Morgan fingerprint density at radius 1 is 0.881 bits per heavy atom. The normalized spacial score (nSPS) is 11.2. The smallest absolute Gasteiger partial charge is 0.263 e. The number of thiophene rings is 1. The molecule has 6 rings (SSSR count). The number of carbonyl (C=O) groups excluding carboxylic acids is 1. The highest BCUT2D eigenvalue weighted by molar-refractivity contribution is 7.18. The van der Waals surface area contributed by atoms with Crippen LogP contribution in [0, 0.1) is 0 Å². The number of fused-ring (bicyclic) bond motifs is 3. The summed E-state index contributed by atoms with van der Waals surface area (Å²) in [4.78, 5) is 30.0. The number of aromatic nitrogens is 1. The second kappa shape index (κ2) is 12.4. The summed E-state index contributed by atoms with van der Waals surface area (Å²) in [5.41, 5.74) is 4.19. The van der Waals surface area contributed by atoms with E-state index >= 15 is 0 Å². The zero-order chi connectivity index (χ0) is 28.9. The Morgan fingerprint density at radius 2 is 1.60 bits per heavy atom. The zero-order valence-corrected chi connectivity index (χ0v) is 24.1. The van der Waals surface area contributed by atoms with E-state index in [2.05, 4.69) is 0 Å². The van der Waals surface area contributed by atoms with Gasteiger partial charge in [-0.25, -0.2) is 0 Å². The number of amides is 1. The van der Waals surface area contributed by atoms with Gasteiger partial charge in [0, 0.05) is 32.0 Å². The third kappa shape index (κ3) is 5.70. The van der Waals surface area contributed by atoms with Crippen LogP contribution in [-0.4, -0.2) is 35.5 Å². The van der Waals surface area contributed by atoms with Crippen LogP contribution in [0.3, 0.4) is 0 Å². The van der Waals surface area contributed by atoms with Crippen LogP contribution in [0.4, 0.5) is 0 Å². The molecule has 0 aliphatic rings. The first-order chi connectivity index (χ1) is 20.6. The molecule has 3 aromatic carbocycles. The summed E-state index contributed by atoms with van der Waals surface area (Å²) in [6, 6.07) is 33.0. The lowest BCUT2D eigenvalue weighted by Crippen LogP contribution is -2.34. The summed E-state index contributed by atoms with van der Waals surface area (Å²) in [7, 11) is 1.63. The summed E-state index contributed by atoms with van der Waals surface area (Å²) < 4.78 is 13.8. The minimum absolute atomic E-state index is 0.154. The molecule has 7 heteroatoms. The van der Waals surface area contributed by atoms with Crippen LogP contribution in [0.5, 0.6) is 5.75 Å². The Morgan fingerprint density at radius 3 is 2.31 bits per heavy atom. The molecule has 6 nitrogen and oxygen atoms in total. The summed E-state index contributed by atoms with van der Waals surface area (Å²) in [5, 5.41) is 2.98. The maximum Gasteiger partial charge on any atom is 0.263 e. The fourth-order valence-corrected chi connectivity index (χ4v) is 6.02. The molecule has 0 unspecified atom stereocenters. The van der Waals surface area contributed by atoms with E-state index in [1.54, 1.807) is 28.7 Å². The molecule has 0 aliphatic heterocycles. The van der Waals surface area contributed by atoms with Crippen molar-refractivity contribution in [3.05, 3.63) is 142 Å². The van der Waals surface area contributed by atoms with Crippen LogP contribution in [0.25, 0.3) is 26.7 Å². The minimum Gasteiger partial charge on any atom is -0.489 e. The highest BCUT2D eigenvalue weighted by atomic mass is 32.1. The molecule has 3 heterocycles. The first-order valence-corrected chi connectivity index (χ1v) is 14.7. The van der Waals surface area contributed by atoms with Crippen LogP contribution < -0.4 is 10.3 Å². The van der Waals surface area contributed by atoms with Crippen LogP contribution in [0.15, 0.2) is 119 Å². The van der Waals surface area contributed by atoms with Gasteiger partial charge in [0.25, 0.3) is 11.5 Å². The summed E-state index contributed by atoms with van der Waals surface area (Å²) in [6.07, 6.45) is 1.76. The fourth-order valence-electron chi connectivity index (χ4n) is 5.08. The van der Waals surface area contributed by atoms with Gasteiger partial charge in [-0.1, -0.05) is 72.8 Å². The molecular weight excluding hydrogens is 544 g/mol. The van der Waals surface area contributed by atoms with Crippen LogP contribution in [0.2, 0.25) is 0 Å². The standard InChI is InChI=1S/C35H30N2O4S/c1-40-20-19-36(23-25-8-4-2-5-9-25)34(38)31-22-30(35(39)37-18-16-28-17-21-42-33(28)32(31)37)27-12-14-29(15-13-27)41-24-26-10-6-3-7-11-26/h2-18,21-22H,19-20,23-24H2,1H3.